The van der Waals surface area contributed by atoms with E-state index in [0.29, 0.717) is 12.5 Å². The summed E-state index contributed by atoms with van der Waals surface area (Å²) in [5.74, 6) is -0.450. The van der Waals surface area contributed by atoms with Gasteiger partial charge in [0.25, 0.3) is 17.7 Å². The van der Waals surface area contributed by atoms with Crippen LogP contribution in [0.2, 0.25) is 0 Å². The minimum Gasteiger partial charge on any atom is -0.452 e. The van der Waals surface area contributed by atoms with E-state index in [9.17, 15) is 19.2 Å². The molecule has 2 heterocycles. The molecule has 4 rings (SSSR count). The molecule has 2 aliphatic heterocycles. The third-order valence-electron chi connectivity index (χ3n) is 6.49. The largest absolute Gasteiger partial charge is 0.452 e. The number of ether oxygens (including phenoxy) is 1. The molecule has 7 heteroatoms. The average Bonchev–Trinajstić information content (AvgIpc) is 3.01. The fourth-order valence-corrected chi connectivity index (χ4v) is 4.84. The topological polar surface area (TPSA) is 84.0 Å². The highest BCUT2D eigenvalue weighted by Crippen LogP contribution is 2.36. The Hall–Kier alpha value is -2.96. The fourth-order valence-electron chi connectivity index (χ4n) is 4.84. The van der Waals surface area contributed by atoms with Crippen LogP contribution in [0.5, 0.6) is 0 Å². The second-order valence-corrected chi connectivity index (χ2v) is 8.28. The second kappa shape index (κ2) is 8.42. The van der Waals surface area contributed by atoms with Crippen LogP contribution in [0, 0.1) is 11.8 Å². The van der Waals surface area contributed by atoms with Crippen LogP contribution in [-0.2, 0) is 9.53 Å². The summed E-state index contributed by atoms with van der Waals surface area (Å²) in [7, 11) is 0. The Labute approximate surface area is 175 Å². The zero-order chi connectivity index (χ0) is 21.3. The molecule has 2 fully saturated rings. The number of hydrogen-bond donors (Lipinski definition) is 0. The number of piperidine rings is 1. The zero-order valence-electron chi connectivity index (χ0n) is 17.0. The van der Waals surface area contributed by atoms with Crippen LogP contribution in [0.4, 0.5) is 0 Å². The highest BCUT2D eigenvalue weighted by molar-refractivity contribution is 6.22. The fraction of sp³-hybridized carbons (Fsp3) is 0.478. The van der Waals surface area contributed by atoms with Crippen molar-refractivity contribution in [2.75, 3.05) is 26.2 Å². The van der Waals surface area contributed by atoms with Crippen LogP contribution in [0.15, 0.2) is 30.9 Å². The molecule has 158 valence electrons. The molecule has 2 atom stereocenters. The molecule has 3 aliphatic rings. The standard InChI is InChI=1S/C23H26N2O5/c1-2-10-25-21(27)18-8-7-16(12-19(18)22(25)28)23(29)30-14-20(26)24-11-9-15-5-3-4-6-17(15)13-24/h2,7-8,12,15,17H,1,3-6,9-11,13-14H2/t15-,17+/m0/s1. The van der Waals surface area contributed by atoms with Crippen molar-refractivity contribution in [3.05, 3.63) is 47.5 Å². The van der Waals surface area contributed by atoms with Gasteiger partial charge in [-0.05, 0) is 42.9 Å². The summed E-state index contributed by atoms with van der Waals surface area (Å²) in [5.41, 5.74) is 0.570. The van der Waals surface area contributed by atoms with Gasteiger partial charge in [-0.25, -0.2) is 4.79 Å². The van der Waals surface area contributed by atoms with Gasteiger partial charge in [0.05, 0.1) is 16.7 Å². The predicted octanol–water partition coefficient (Wildman–Crippen LogP) is 2.66. The quantitative estimate of drug-likeness (QED) is 0.423. The second-order valence-electron chi connectivity index (χ2n) is 8.28. The van der Waals surface area contributed by atoms with Crippen LogP contribution in [0.1, 0.15) is 63.2 Å². The first-order valence-corrected chi connectivity index (χ1v) is 10.6. The number of fused-ring (bicyclic) bond motifs is 2. The van der Waals surface area contributed by atoms with Crippen molar-refractivity contribution in [3.63, 3.8) is 0 Å². The SMILES string of the molecule is C=CCN1C(=O)c2ccc(C(=O)OCC(=O)N3CC[C@@H]4CCCC[C@@H]4C3)cc2C1=O. The van der Waals surface area contributed by atoms with Crippen molar-refractivity contribution in [1.29, 1.82) is 0 Å². The van der Waals surface area contributed by atoms with E-state index in [1.54, 1.807) is 4.90 Å². The molecule has 0 unspecified atom stereocenters. The van der Waals surface area contributed by atoms with Crippen LogP contribution in [0.3, 0.4) is 0 Å². The molecule has 1 saturated heterocycles. The lowest BCUT2D eigenvalue weighted by Crippen LogP contribution is -2.46. The monoisotopic (exact) mass is 410 g/mol. The minimum absolute atomic E-state index is 0.109. The molecule has 7 nitrogen and oxygen atoms in total. The number of esters is 1. The minimum atomic E-state index is -0.680. The van der Waals surface area contributed by atoms with Gasteiger partial charge in [0, 0.05) is 19.6 Å². The molecular weight excluding hydrogens is 384 g/mol. The van der Waals surface area contributed by atoms with E-state index in [1.165, 1.54) is 50.0 Å². The van der Waals surface area contributed by atoms with Gasteiger partial charge in [0.1, 0.15) is 0 Å². The smallest absolute Gasteiger partial charge is 0.338 e. The van der Waals surface area contributed by atoms with Crippen LogP contribution in [-0.4, -0.2) is 59.7 Å². The molecular formula is C23H26N2O5. The zero-order valence-corrected chi connectivity index (χ0v) is 17.0. The maximum Gasteiger partial charge on any atom is 0.338 e. The van der Waals surface area contributed by atoms with E-state index in [-0.39, 0.29) is 35.7 Å². The highest BCUT2D eigenvalue weighted by Gasteiger charge is 2.36. The Morgan fingerprint density at radius 1 is 1.07 bits per heavy atom. The van der Waals surface area contributed by atoms with Crippen molar-refractivity contribution >= 4 is 23.7 Å². The van der Waals surface area contributed by atoms with Gasteiger partial charge in [-0.3, -0.25) is 19.3 Å². The Morgan fingerprint density at radius 3 is 2.57 bits per heavy atom. The summed E-state index contributed by atoms with van der Waals surface area (Å²) in [6.45, 7) is 4.80. The number of amides is 3. The Morgan fingerprint density at radius 2 is 1.80 bits per heavy atom. The number of hydrogen-bond acceptors (Lipinski definition) is 5. The normalized spacial score (nSPS) is 23.1. The van der Waals surface area contributed by atoms with Crippen LogP contribution in [0.25, 0.3) is 0 Å². The van der Waals surface area contributed by atoms with Crippen molar-refractivity contribution in [2.45, 2.75) is 32.1 Å². The third kappa shape index (κ3) is 3.76. The van der Waals surface area contributed by atoms with Crippen molar-refractivity contribution in [2.24, 2.45) is 11.8 Å². The van der Waals surface area contributed by atoms with E-state index < -0.39 is 17.8 Å². The summed E-state index contributed by atoms with van der Waals surface area (Å²) < 4.78 is 5.22. The summed E-state index contributed by atoms with van der Waals surface area (Å²) in [6, 6.07) is 4.26. The number of benzene rings is 1. The molecule has 1 aliphatic carbocycles. The number of likely N-dealkylation sites (tertiary alicyclic amines) is 1. The summed E-state index contributed by atoms with van der Waals surface area (Å²) >= 11 is 0. The average molecular weight is 410 g/mol. The molecule has 3 amide bonds. The van der Waals surface area contributed by atoms with Crippen molar-refractivity contribution < 1.29 is 23.9 Å². The van der Waals surface area contributed by atoms with E-state index in [1.807, 2.05) is 0 Å². The van der Waals surface area contributed by atoms with Crippen LogP contribution < -0.4 is 0 Å². The lowest BCUT2D eigenvalue weighted by atomic mass is 9.75. The van der Waals surface area contributed by atoms with E-state index in [4.69, 9.17) is 4.74 Å². The molecule has 0 N–H and O–H groups in total. The maximum absolute atomic E-state index is 12.5. The number of rotatable bonds is 5. The lowest BCUT2D eigenvalue weighted by molar-refractivity contribution is -0.137. The van der Waals surface area contributed by atoms with E-state index in [2.05, 4.69) is 6.58 Å². The van der Waals surface area contributed by atoms with Gasteiger partial charge in [0.15, 0.2) is 6.61 Å². The van der Waals surface area contributed by atoms with Gasteiger partial charge in [-0.15, -0.1) is 6.58 Å². The van der Waals surface area contributed by atoms with E-state index in [0.717, 1.165) is 23.8 Å². The third-order valence-corrected chi connectivity index (χ3v) is 6.49. The number of carbonyl (C=O) groups is 4. The molecule has 0 radical (unpaired) electrons. The predicted molar refractivity (Wildman–Crippen MR) is 109 cm³/mol. The number of imide groups is 1. The summed E-state index contributed by atoms with van der Waals surface area (Å²) in [4.78, 5) is 52.5. The van der Waals surface area contributed by atoms with Crippen molar-refractivity contribution in [1.82, 2.24) is 9.80 Å². The number of carbonyl (C=O) groups excluding carboxylic acids is 4. The molecule has 0 bridgehead atoms. The molecule has 1 aromatic rings. The molecule has 0 aromatic heterocycles. The molecule has 1 aromatic carbocycles. The molecule has 30 heavy (non-hydrogen) atoms. The highest BCUT2D eigenvalue weighted by atomic mass is 16.5. The molecule has 1 saturated carbocycles. The Kier molecular flexibility index (Phi) is 5.70. The van der Waals surface area contributed by atoms with Crippen molar-refractivity contribution in [3.8, 4) is 0 Å². The first-order chi connectivity index (χ1) is 14.5. The Bertz CT molecular complexity index is 909. The van der Waals surface area contributed by atoms with E-state index >= 15 is 0 Å². The van der Waals surface area contributed by atoms with Gasteiger partial charge >= 0.3 is 5.97 Å². The van der Waals surface area contributed by atoms with Gasteiger partial charge in [-0.1, -0.05) is 25.3 Å². The summed E-state index contributed by atoms with van der Waals surface area (Å²) in [5, 5.41) is 0. The van der Waals surface area contributed by atoms with Gasteiger partial charge in [-0.2, -0.15) is 0 Å². The Balaban J connectivity index is 1.36. The first kappa shape index (κ1) is 20.3. The summed E-state index contributed by atoms with van der Waals surface area (Å²) in [6.07, 6.45) is 7.42. The van der Waals surface area contributed by atoms with Gasteiger partial charge in [0.2, 0.25) is 0 Å². The molecule has 0 spiro atoms. The first-order valence-electron chi connectivity index (χ1n) is 10.6. The maximum atomic E-state index is 12.5. The van der Waals surface area contributed by atoms with Gasteiger partial charge < -0.3 is 9.64 Å². The lowest BCUT2D eigenvalue weighted by Gasteiger charge is -2.41. The van der Waals surface area contributed by atoms with Crippen LogP contribution >= 0.6 is 0 Å². The number of nitrogens with zero attached hydrogens (tertiary/aromatic N) is 2.